The summed E-state index contributed by atoms with van der Waals surface area (Å²) < 4.78 is 17.0. The summed E-state index contributed by atoms with van der Waals surface area (Å²) >= 11 is 0. The van der Waals surface area contributed by atoms with Crippen LogP contribution >= 0.6 is 0 Å². The highest BCUT2D eigenvalue weighted by atomic mass is 16.5. The molecule has 142 valence electrons. The zero-order valence-electron chi connectivity index (χ0n) is 15.4. The van der Waals surface area contributed by atoms with Gasteiger partial charge in [-0.2, -0.15) is 0 Å². The second-order valence-corrected chi connectivity index (χ2v) is 6.32. The highest BCUT2D eigenvalue weighted by Crippen LogP contribution is 2.36. The minimum atomic E-state index is -0.615. The van der Waals surface area contributed by atoms with Crippen molar-refractivity contribution < 1.29 is 18.7 Å². The number of para-hydroxylation sites is 1. The molecule has 1 aromatic heterocycles. The van der Waals surface area contributed by atoms with Crippen molar-refractivity contribution in [2.45, 2.75) is 13.0 Å². The zero-order chi connectivity index (χ0) is 19.7. The Balaban J connectivity index is 1.83. The molecular weight excluding hydrogens is 358 g/mol. The molecule has 0 radical (unpaired) electrons. The van der Waals surface area contributed by atoms with Crippen molar-refractivity contribution in [3.05, 3.63) is 82.2 Å². The molecule has 1 amide bonds. The molecule has 0 aliphatic carbocycles. The van der Waals surface area contributed by atoms with E-state index in [0.29, 0.717) is 46.8 Å². The Hall–Kier alpha value is -3.54. The number of nitrogens with one attached hydrogen (secondary N) is 1. The minimum Gasteiger partial charge on any atom is -0.490 e. The monoisotopic (exact) mass is 377 g/mol. The first kappa shape index (κ1) is 17.9. The van der Waals surface area contributed by atoms with Crippen molar-refractivity contribution in [1.29, 1.82) is 0 Å². The molecule has 1 N–H and O–H groups in total. The maximum Gasteiger partial charge on any atom is 0.288 e. The number of hydrogen-bond donors (Lipinski definition) is 1. The number of fused-ring (bicyclic) bond motifs is 2. The van der Waals surface area contributed by atoms with Gasteiger partial charge in [0, 0.05) is 0 Å². The molecule has 0 saturated carbocycles. The molecule has 4 rings (SSSR count). The molecule has 28 heavy (non-hydrogen) atoms. The van der Waals surface area contributed by atoms with Crippen LogP contribution in [0.4, 0.5) is 0 Å². The Labute approximate surface area is 161 Å². The highest BCUT2D eigenvalue weighted by Gasteiger charge is 2.36. The first-order chi connectivity index (χ1) is 13.6. The zero-order valence-corrected chi connectivity index (χ0v) is 15.4. The van der Waals surface area contributed by atoms with E-state index < -0.39 is 11.9 Å². The van der Waals surface area contributed by atoms with Crippen molar-refractivity contribution in [3.8, 4) is 11.5 Å². The first-order valence-corrected chi connectivity index (χ1v) is 9.01. The lowest BCUT2D eigenvalue weighted by Crippen LogP contribution is -2.22. The quantitative estimate of drug-likeness (QED) is 0.664. The van der Waals surface area contributed by atoms with Crippen LogP contribution in [-0.2, 0) is 0 Å². The van der Waals surface area contributed by atoms with E-state index in [9.17, 15) is 9.59 Å². The van der Waals surface area contributed by atoms with Gasteiger partial charge in [0.15, 0.2) is 16.9 Å². The van der Waals surface area contributed by atoms with Crippen LogP contribution in [0.15, 0.2) is 64.3 Å². The Morgan fingerprint density at radius 2 is 1.96 bits per heavy atom. The van der Waals surface area contributed by atoms with Gasteiger partial charge in [-0.05, 0) is 36.8 Å². The van der Waals surface area contributed by atoms with E-state index in [1.165, 1.54) is 0 Å². The molecule has 0 bridgehead atoms. The van der Waals surface area contributed by atoms with Crippen molar-refractivity contribution >= 4 is 16.9 Å². The van der Waals surface area contributed by atoms with E-state index in [1.54, 1.807) is 48.5 Å². The number of carbonyl (C=O) groups is 1. The predicted molar refractivity (Wildman–Crippen MR) is 105 cm³/mol. The van der Waals surface area contributed by atoms with E-state index in [4.69, 9.17) is 13.9 Å². The fourth-order valence-corrected chi connectivity index (χ4v) is 3.35. The maximum atomic E-state index is 13.0. The lowest BCUT2D eigenvalue weighted by atomic mass is 9.99. The van der Waals surface area contributed by atoms with Crippen LogP contribution in [0.2, 0.25) is 0 Å². The van der Waals surface area contributed by atoms with Crippen LogP contribution in [0.3, 0.4) is 0 Å². The molecule has 0 spiro atoms. The van der Waals surface area contributed by atoms with Crippen LogP contribution in [0.5, 0.6) is 11.5 Å². The van der Waals surface area contributed by atoms with E-state index in [-0.39, 0.29) is 11.2 Å². The van der Waals surface area contributed by atoms with E-state index in [1.807, 2.05) is 6.92 Å². The van der Waals surface area contributed by atoms with Gasteiger partial charge in [0.1, 0.15) is 12.2 Å². The molecule has 3 aromatic rings. The SMILES string of the molecule is C=CCOc1ccc(C2NC(=O)c3oc4ccccc4c(=O)c32)cc1OCC. The summed E-state index contributed by atoms with van der Waals surface area (Å²) in [6.07, 6.45) is 1.65. The number of benzene rings is 2. The molecule has 0 saturated heterocycles. The fourth-order valence-electron chi connectivity index (χ4n) is 3.35. The van der Waals surface area contributed by atoms with Gasteiger partial charge in [-0.25, -0.2) is 0 Å². The van der Waals surface area contributed by atoms with Gasteiger partial charge in [0.05, 0.1) is 23.6 Å². The largest absolute Gasteiger partial charge is 0.490 e. The van der Waals surface area contributed by atoms with Gasteiger partial charge < -0.3 is 19.2 Å². The van der Waals surface area contributed by atoms with Gasteiger partial charge in [0.25, 0.3) is 5.91 Å². The summed E-state index contributed by atoms with van der Waals surface area (Å²) in [6, 6.07) is 11.6. The Morgan fingerprint density at radius 1 is 1.14 bits per heavy atom. The van der Waals surface area contributed by atoms with Crippen LogP contribution in [0.1, 0.15) is 34.6 Å². The molecule has 2 heterocycles. The number of carbonyl (C=O) groups excluding carboxylic acids is 1. The second-order valence-electron chi connectivity index (χ2n) is 6.32. The lowest BCUT2D eigenvalue weighted by Gasteiger charge is -2.16. The number of rotatable bonds is 6. The van der Waals surface area contributed by atoms with Crippen LogP contribution in [0, 0.1) is 0 Å². The maximum absolute atomic E-state index is 13.0. The third-order valence-electron chi connectivity index (χ3n) is 4.56. The molecule has 1 unspecified atom stereocenters. The predicted octanol–water partition coefficient (Wildman–Crippen LogP) is 3.59. The topological polar surface area (TPSA) is 77.8 Å². The fraction of sp³-hybridized carbons (Fsp3) is 0.182. The third-order valence-corrected chi connectivity index (χ3v) is 4.56. The van der Waals surface area contributed by atoms with Gasteiger partial charge in [-0.3, -0.25) is 9.59 Å². The number of amides is 1. The molecule has 6 nitrogen and oxygen atoms in total. The van der Waals surface area contributed by atoms with E-state index in [2.05, 4.69) is 11.9 Å². The van der Waals surface area contributed by atoms with Gasteiger partial charge >= 0.3 is 0 Å². The molecule has 0 fully saturated rings. The van der Waals surface area contributed by atoms with Crippen LogP contribution < -0.4 is 20.2 Å². The smallest absolute Gasteiger partial charge is 0.288 e. The summed E-state index contributed by atoms with van der Waals surface area (Å²) in [5.41, 5.74) is 1.20. The van der Waals surface area contributed by atoms with Crippen molar-refractivity contribution in [3.63, 3.8) is 0 Å². The molecule has 2 aromatic carbocycles. The number of ether oxygens (including phenoxy) is 2. The van der Waals surface area contributed by atoms with Crippen LogP contribution in [-0.4, -0.2) is 19.1 Å². The summed E-state index contributed by atoms with van der Waals surface area (Å²) in [6.45, 7) is 6.31. The van der Waals surface area contributed by atoms with Gasteiger partial charge in [0.2, 0.25) is 5.76 Å². The lowest BCUT2D eigenvalue weighted by molar-refractivity contribution is 0.0938. The van der Waals surface area contributed by atoms with E-state index in [0.717, 1.165) is 0 Å². The first-order valence-electron chi connectivity index (χ1n) is 9.01. The van der Waals surface area contributed by atoms with Crippen molar-refractivity contribution in [2.24, 2.45) is 0 Å². The van der Waals surface area contributed by atoms with Gasteiger partial charge in [-0.15, -0.1) is 0 Å². The normalized spacial score (nSPS) is 15.2. The molecule has 1 aliphatic rings. The summed E-state index contributed by atoms with van der Waals surface area (Å²) in [5, 5.41) is 3.28. The standard InChI is InChI=1S/C22H19NO5/c1-3-11-27-16-10-9-13(12-17(16)26-4-2)19-18-20(24)14-7-5-6-8-15(14)28-21(18)22(25)23-19/h3,5-10,12,19H,1,4,11H2,2H3,(H,23,25). The molecule has 1 atom stereocenters. The third kappa shape index (κ3) is 2.93. The van der Waals surface area contributed by atoms with Crippen molar-refractivity contribution in [2.75, 3.05) is 13.2 Å². The summed E-state index contributed by atoms with van der Waals surface area (Å²) in [5.74, 6) is 0.752. The highest BCUT2D eigenvalue weighted by molar-refractivity contribution is 5.98. The van der Waals surface area contributed by atoms with E-state index >= 15 is 0 Å². The number of hydrogen-bond acceptors (Lipinski definition) is 5. The Bertz CT molecular complexity index is 1130. The average molecular weight is 377 g/mol. The summed E-state index contributed by atoms with van der Waals surface area (Å²) in [7, 11) is 0. The molecule has 1 aliphatic heterocycles. The second kappa shape index (κ2) is 7.23. The molecular formula is C22H19NO5. The summed E-state index contributed by atoms with van der Waals surface area (Å²) in [4.78, 5) is 25.5. The minimum absolute atomic E-state index is 0.0543. The van der Waals surface area contributed by atoms with Crippen molar-refractivity contribution in [1.82, 2.24) is 5.32 Å². The van der Waals surface area contributed by atoms with Crippen LogP contribution in [0.25, 0.3) is 11.0 Å². The average Bonchev–Trinajstić information content (AvgIpc) is 3.04. The van der Waals surface area contributed by atoms with Gasteiger partial charge in [-0.1, -0.05) is 30.9 Å². The Kier molecular flexibility index (Phi) is 4.61. The molecule has 6 heteroatoms. The Morgan fingerprint density at radius 3 is 2.75 bits per heavy atom.